The Hall–Kier alpha value is -2.96. The third kappa shape index (κ3) is 3.78. The number of carbonyl (C=O) groups is 2. The number of nitrogens with zero attached hydrogens (tertiary/aromatic N) is 2. The Morgan fingerprint density at radius 2 is 1.86 bits per heavy atom. The quantitative estimate of drug-likeness (QED) is 0.810. The Labute approximate surface area is 126 Å². The SMILES string of the molecule is COC(=O)c1ccc(C(=O)NCCn2ncccc2=O)cc1. The molecule has 0 radical (unpaired) electrons. The fourth-order valence-corrected chi connectivity index (χ4v) is 1.81. The highest BCUT2D eigenvalue weighted by atomic mass is 16.5. The van der Waals surface area contributed by atoms with E-state index in [-0.39, 0.29) is 24.6 Å². The fraction of sp³-hybridized carbons (Fsp3) is 0.200. The van der Waals surface area contributed by atoms with Gasteiger partial charge in [-0.25, -0.2) is 9.48 Å². The van der Waals surface area contributed by atoms with E-state index in [0.717, 1.165) is 0 Å². The molecule has 2 rings (SSSR count). The van der Waals surface area contributed by atoms with Crippen molar-refractivity contribution in [2.75, 3.05) is 13.7 Å². The second-order valence-electron chi connectivity index (χ2n) is 4.41. The maximum Gasteiger partial charge on any atom is 0.337 e. The van der Waals surface area contributed by atoms with Crippen LogP contribution in [0.1, 0.15) is 20.7 Å². The number of esters is 1. The Balaban J connectivity index is 1.91. The molecular formula is C15H15N3O4. The van der Waals surface area contributed by atoms with Crippen LogP contribution >= 0.6 is 0 Å². The first-order valence-corrected chi connectivity index (χ1v) is 6.60. The lowest BCUT2D eigenvalue weighted by molar-refractivity contribution is 0.0600. The standard InChI is InChI=1S/C15H15N3O4/c1-22-15(21)12-6-4-11(5-7-12)14(20)16-9-10-18-13(19)3-2-8-17-18/h2-8H,9-10H2,1H3,(H,16,20). The van der Waals surface area contributed by atoms with E-state index in [1.54, 1.807) is 6.07 Å². The fourth-order valence-electron chi connectivity index (χ4n) is 1.81. The average Bonchev–Trinajstić information content (AvgIpc) is 2.56. The molecule has 0 saturated carbocycles. The van der Waals surface area contributed by atoms with Crippen LogP contribution in [0.4, 0.5) is 0 Å². The summed E-state index contributed by atoms with van der Waals surface area (Å²) in [6.45, 7) is 0.556. The van der Waals surface area contributed by atoms with Gasteiger partial charge in [-0.1, -0.05) is 0 Å². The van der Waals surface area contributed by atoms with Crippen molar-refractivity contribution < 1.29 is 14.3 Å². The van der Waals surface area contributed by atoms with Crippen molar-refractivity contribution in [3.63, 3.8) is 0 Å². The first-order chi connectivity index (χ1) is 10.6. The van der Waals surface area contributed by atoms with E-state index < -0.39 is 5.97 Å². The minimum Gasteiger partial charge on any atom is -0.465 e. The van der Waals surface area contributed by atoms with Gasteiger partial charge in [-0.15, -0.1) is 0 Å². The molecule has 0 bridgehead atoms. The van der Waals surface area contributed by atoms with E-state index in [1.807, 2.05) is 0 Å². The second kappa shape index (κ2) is 7.16. The Kier molecular flexibility index (Phi) is 5.02. The summed E-state index contributed by atoms with van der Waals surface area (Å²) in [5.41, 5.74) is 0.569. The van der Waals surface area contributed by atoms with E-state index in [2.05, 4.69) is 15.2 Å². The van der Waals surface area contributed by atoms with Crippen LogP contribution in [0.2, 0.25) is 0 Å². The minimum absolute atomic E-state index is 0.223. The van der Waals surface area contributed by atoms with Crippen molar-refractivity contribution in [2.24, 2.45) is 0 Å². The molecule has 114 valence electrons. The van der Waals surface area contributed by atoms with Gasteiger partial charge in [0.1, 0.15) is 0 Å². The number of aromatic nitrogens is 2. The third-order valence-electron chi connectivity index (χ3n) is 2.96. The lowest BCUT2D eigenvalue weighted by Gasteiger charge is -2.07. The van der Waals surface area contributed by atoms with Crippen molar-refractivity contribution in [3.05, 3.63) is 64.1 Å². The molecule has 7 nitrogen and oxygen atoms in total. The highest BCUT2D eigenvalue weighted by Crippen LogP contribution is 2.05. The highest BCUT2D eigenvalue weighted by molar-refractivity contribution is 5.96. The summed E-state index contributed by atoms with van der Waals surface area (Å²) in [4.78, 5) is 34.7. The van der Waals surface area contributed by atoms with Gasteiger partial charge in [0, 0.05) is 24.4 Å². The van der Waals surface area contributed by atoms with E-state index in [4.69, 9.17) is 0 Å². The molecule has 0 atom stereocenters. The molecule has 0 aliphatic rings. The summed E-state index contributed by atoms with van der Waals surface area (Å²) >= 11 is 0. The maximum atomic E-state index is 11.9. The van der Waals surface area contributed by atoms with Crippen molar-refractivity contribution in [2.45, 2.75) is 6.54 Å². The number of methoxy groups -OCH3 is 1. The van der Waals surface area contributed by atoms with Gasteiger partial charge < -0.3 is 10.1 Å². The molecule has 0 aliphatic carbocycles. The van der Waals surface area contributed by atoms with Crippen LogP contribution in [0.25, 0.3) is 0 Å². The first-order valence-electron chi connectivity index (χ1n) is 6.60. The molecular weight excluding hydrogens is 286 g/mol. The molecule has 0 fully saturated rings. The largest absolute Gasteiger partial charge is 0.465 e. The molecule has 1 heterocycles. The zero-order chi connectivity index (χ0) is 15.9. The van der Waals surface area contributed by atoms with Crippen molar-refractivity contribution in [1.82, 2.24) is 15.1 Å². The van der Waals surface area contributed by atoms with Crippen LogP contribution in [0.3, 0.4) is 0 Å². The number of rotatable bonds is 5. The molecule has 1 amide bonds. The van der Waals surface area contributed by atoms with Crippen LogP contribution in [0.15, 0.2) is 47.4 Å². The zero-order valence-electron chi connectivity index (χ0n) is 12.0. The lowest BCUT2D eigenvalue weighted by Crippen LogP contribution is -2.31. The monoisotopic (exact) mass is 301 g/mol. The number of hydrogen-bond donors (Lipinski definition) is 1. The summed E-state index contributed by atoms with van der Waals surface area (Å²) in [6, 6.07) is 9.07. The third-order valence-corrected chi connectivity index (χ3v) is 2.96. The first kappa shape index (κ1) is 15.4. The number of nitrogens with one attached hydrogen (secondary N) is 1. The summed E-state index contributed by atoms with van der Waals surface area (Å²) < 4.78 is 5.85. The van der Waals surface area contributed by atoms with E-state index in [1.165, 1.54) is 48.3 Å². The summed E-state index contributed by atoms with van der Waals surface area (Å²) in [7, 11) is 1.29. The molecule has 0 aliphatic heterocycles. The minimum atomic E-state index is -0.457. The summed E-state index contributed by atoms with van der Waals surface area (Å²) in [5, 5.41) is 6.57. The lowest BCUT2D eigenvalue weighted by atomic mass is 10.1. The molecule has 0 saturated heterocycles. The average molecular weight is 301 g/mol. The predicted octanol–water partition coefficient (Wildman–Crippen LogP) is 0.460. The summed E-state index contributed by atoms with van der Waals surface area (Å²) in [5.74, 6) is -0.748. The van der Waals surface area contributed by atoms with E-state index >= 15 is 0 Å². The molecule has 0 spiro atoms. The Bertz CT molecular complexity index is 722. The molecule has 1 aromatic carbocycles. The molecule has 7 heteroatoms. The van der Waals surface area contributed by atoms with Crippen LogP contribution in [-0.4, -0.2) is 35.3 Å². The number of ether oxygens (including phenoxy) is 1. The van der Waals surface area contributed by atoms with Gasteiger partial charge in [0.25, 0.3) is 11.5 Å². The van der Waals surface area contributed by atoms with Crippen molar-refractivity contribution in [1.29, 1.82) is 0 Å². The van der Waals surface area contributed by atoms with Crippen LogP contribution in [0, 0.1) is 0 Å². The molecule has 1 aromatic heterocycles. The normalized spacial score (nSPS) is 10.0. The predicted molar refractivity (Wildman–Crippen MR) is 78.6 cm³/mol. The molecule has 0 unspecified atom stereocenters. The van der Waals surface area contributed by atoms with Crippen molar-refractivity contribution >= 4 is 11.9 Å². The topological polar surface area (TPSA) is 90.3 Å². The molecule has 1 N–H and O–H groups in total. The second-order valence-corrected chi connectivity index (χ2v) is 4.41. The van der Waals surface area contributed by atoms with Crippen LogP contribution in [-0.2, 0) is 11.3 Å². The zero-order valence-corrected chi connectivity index (χ0v) is 12.0. The maximum absolute atomic E-state index is 11.9. The van der Waals surface area contributed by atoms with Crippen LogP contribution < -0.4 is 10.9 Å². The van der Waals surface area contributed by atoms with E-state index in [0.29, 0.717) is 11.1 Å². The Morgan fingerprint density at radius 1 is 1.18 bits per heavy atom. The number of hydrogen-bond acceptors (Lipinski definition) is 5. The number of benzene rings is 1. The van der Waals surface area contributed by atoms with Gasteiger partial charge in [-0.3, -0.25) is 9.59 Å². The highest BCUT2D eigenvalue weighted by Gasteiger charge is 2.08. The Morgan fingerprint density at radius 3 is 2.50 bits per heavy atom. The van der Waals surface area contributed by atoms with Crippen LogP contribution in [0.5, 0.6) is 0 Å². The van der Waals surface area contributed by atoms with E-state index in [9.17, 15) is 14.4 Å². The van der Waals surface area contributed by atoms with Gasteiger partial charge in [0.2, 0.25) is 0 Å². The molecule has 2 aromatic rings. The number of carbonyl (C=O) groups excluding carboxylic acids is 2. The summed E-state index contributed by atoms with van der Waals surface area (Å²) in [6.07, 6.45) is 1.51. The van der Waals surface area contributed by atoms with Gasteiger partial charge >= 0.3 is 5.97 Å². The molecule has 22 heavy (non-hydrogen) atoms. The van der Waals surface area contributed by atoms with Crippen molar-refractivity contribution in [3.8, 4) is 0 Å². The smallest absolute Gasteiger partial charge is 0.337 e. The van der Waals surface area contributed by atoms with Gasteiger partial charge in [-0.2, -0.15) is 5.10 Å². The van der Waals surface area contributed by atoms with Gasteiger partial charge in [0.05, 0.1) is 19.2 Å². The number of amides is 1. The van der Waals surface area contributed by atoms with Gasteiger partial charge in [0.15, 0.2) is 0 Å². The van der Waals surface area contributed by atoms with Gasteiger partial charge in [-0.05, 0) is 30.3 Å².